The quantitative estimate of drug-likeness (QED) is 0.387. The Balaban J connectivity index is 1.31. The van der Waals surface area contributed by atoms with E-state index in [1.807, 2.05) is 0 Å². The van der Waals surface area contributed by atoms with E-state index in [9.17, 15) is 30.8 Å². The van der Waals surface area contributed by atoms with Crippen LogP contribution < -0.4 is 0 Å². The number of carbonyl (C=O) groups is 1. The summed E-state index contributed by atoms with van der Waals surface area (Å²) in [5, 5.41) is 0. The van der Waals surface area contributed by atoms with E-state index < -0.39 is 33.9 Å². The van der Waals surface area contributed by atoms with E-state index in [1.165, 1.54) is 28.8 Å². The summed E-state index contributed by atoms with van der Waals surface area (Å²) in [6.45, 7) is 0. The zero-order valence-electron chi connectivity index (χ0n) is 20.0. The van der Waals surface area contributed by atoms with Crippen LogP contribution >= 0.6 is 0 Å². The van der Waals surface area contributed by atoms with Crippen LogP contribution in [0.25, 0.3) is 11.3 Å². The van der Waals surface area contributed by atoms with Crippen molar-refractivity contribution in [3.63, 3.8) is 0 Å². The van der Waals surface area contributed by atoms with Gasteiger partial charge in [0.25, 0.3) is 0 Å². The molecule has 1 saturated carbocycles. The summed E-state index contributed by atoms with van der Waals surface area (Å²) < 4.78 is 80.0. The van der Waals surface area contributed by atoms with Crippen molar-refractivity contribution < 1.29 is 30.8 Å². The van der Waals surface area contributed by atoms with Crippen LogP contribution in [0.3, 0.4) is 0 Å². The lowest BCUT2D eigenvalue weighted by Gasteiger charge is -2.29. The number of hydrogen-bond donors (Lipinski definition) is 0. The standard InChI is InChI=1S/C25H23F4N5O3S/c26-17-3-6-19(7-4-17)38(36,37)34-21(15-1-2-15)8-9-22(34)23(35)10-5-18-11-20(33-14-32-18)16-12-30-24(31-13-16)25(27,28)29/h3-4,6-7,11-15,21-22H,1-2,5,8-10H2/t21-,22+/m1/s1. The molecule has 2 atom stereocenters. The highest BCUT2D eigenvalue weighted by Crippen LogP contribution is 2.45. The van der Waals surface area contributed by atoms with Gasteiger partial charge in [0.15, 0.2) is 5.78 Å². The van der Waals surface area contributed by atoms with Gasteiger partial charge in [0.2, 0.25) is 15.8 Å². The van der Waals surface area contributed by atoms with E-state index in [0.717, 1.165) is 37.4 Å². The number of ketones is 1. The van der Waals surface area contributed by atoms with Crippen molar-refractivity contribution >= 4 is 15.8 Å². The molecule has 1 aromatic carbocycles. The maximum atomic E-state index is 13.5. The molecule has 38 heavy (non-hydrogen) atoms. The van der Waals surface area contributed by atoms with E-state index >= 15 is 0 Å². The predicted octanol–water partition coefficient (Wildman–Crippen LogP) is 4.23. The fourth-order valence-corrected chi connectivity index (χ4v) is 6.75. The van der Waals surface area contributed by atoms with Crippen molar-refractivity contribution in [2.45, 2.75) is 61.7 Å². The summed E-state index contributed by atoms with van der Waals surface area (Å²) >= 11 is 0. The zero-order chi connectivity index (χ0) is 27.1. The Kier molecular flexibility index (Phi) is 6.99. The molecule has 0 spiro atoms. The lowest BCUT2D eigenvalue weighted by molar-refractivity contribution is -0.145. The molecule has 1 aliphatic heterocycles. The number of rotatable bonds is 8. The van der Waals surface area contributed by atoms with E-state index in [1.54, 1.807) is 0 Å². The number of Topliss-reactive ketones (excluding diaryl/α,β-unsaturated/α-hetero) is 1. The van der Waals surface area contributed by atoms with Crippen molar-refractivity contribution in [1.29, 1.82) is 0 Å². The summed E-state index contributed by atoms with van der Waals surface area (Å²) in [4.78, 5) is 28.1. The van der Waals surface area contributed by atoms with Gasteiger partial charge < -0.3 is 0 Å². The number of carbonyl (C=O) groups excluding carboxylic acids is 1. The number of alkyl halides is 3. The van der Waals surface area contributed by atoms with Gasteiger partial charge in [0, 0.05) is 36.1 Å². The van der Waals surface area contributed by atoms with Crippen molar-refractivity contribution in [3.8, 4) is 11.3 Å². The van der Waals surface area contributed by atoms with Crippen molar-refractivity contribution in [2.24, 2.45) is 5.92 Å². The Morgan fingerprint density at radius 3 is 2.29 bits per heavy atom. The fourth-order valence-electron chi connectivity index (χ4n) is 4.83. The van der Waals surface area contributed by atoms with Gasteiger partial charge in [-0.1, -0.05) is 0 Å². The number of nitrogens with zero attached hydrogens (tertiary/aromatic N) is 5. The average molecular weight is 550 g/mol. The SMILES string of the molecule is O=C(CCc1cc(-c2cnc(C(F)(F)F)nc2)ncn1)[C@@H]1CC[C@H](C2CC2)N1S(=O)(=O)c1ccc(F)cc1. The smallest absolute Gasteiger partial charge is 0.298 e. The molecule has 2 fully saturated rings. The molecule has 2 aliphatic rings. The molecule has 3 heterocycles. The van der Waals surface area contributed by atoms with Crippen LogP contribution in [0, 0.1) is 11.7 Å². The molecule has 1 saturated heterocycles. The van der Waals surface area contributed by atoms with Gasteiger partial charge in [-0.15, -0.1) is 0 Å². The normalized spacial score (nSPS) is 20.5. The highest BCUT2D eigenvalue weighted by atomic mass is 32.2. The minimum absolute atomic E-state index is 0.0114. The molecule has 0 unspecified atom stereocenters. The summed E-state index contributed by atoms with van der Waals surface area (Å²) in [6.07, 6.45) is 1.58. The van der Waals surface area contributed by atoms with Crippen LogP contribution in [0.5, 0.6) is 0 Å². The molecule has 13 heteroatoms. The van der Waals surface area contributed by atoms with Gasteiger partial charge in [-0.05, 0) is 68.4 Å². The highest BCUT2D eigenvalue weighted by molar-refractivity contribution is 7.89. The minimum atomic E-state index is -4.66. The number of sulfonamides is 1. The van der Waals surface area contributed by atoms with Crippen LogP contribution in [0.15, 0.2) is 53.9 Å². The van der Waals surface area contributed by atoms with Gasteiger partial charge in [-0.2, -0.15) is 17.5 Å². The Bertz CT molecular complexity index is 1430. The number of aromatic nitrogens is 4. The van der Waals surface area contributed by atoms with Crippen LogP contribution in [-0.4, -0.2) is 50.5 Å². The lowest BCUT2D eigenvalue weighted by atomic mass is 10.0. The van der Waals surface area contributed by atoms with Crippen LogP contribution in [0.1, 0.15) is 43.6 Å². The monoisotopic (exact) mass is 549 g/mol. The van der Waals surface area contributed by atoms with Gasteiger partial charge in [0.1, 0.15) is 12.1 Å². The Morgan fingerprint density at radius 2 is 1.66 bits per heavy atom. The first kappa shape index (κ1) is 26.3. The molecule has 8 nitrogen and oxygen atoms in total. The second-order valence-electron chi connectivity index (χ2n) is 9.44. The van der Waals surface area contributed by atoms with E-state index in [4.69, 9.17) is 0 Å². The van der Waals surface area contributed by atoms with Gasteiger partial charge in [-0.25, -0.2) is 32.7 Å². The maximum Gasteiger partial charge on any atom is 0.451 e. The maximum absolute atomic E-state index is 13.5. The summed E-state index contributed by atoms with van der Waals surface area (Å²) in [5.74, 6) is -1.86. The van der Waals surface area contributed by atoms with Crippen LogP contribution in [0.4, 0.5) is 17.6 Å². The highest BCUT2D eigenvalue weighted by Gasteiger charge is 2.50. The van der Waals surface area contributed by atoms with Crippen molar-refractivity contribution in [1.82, 2.24) is 24.2 Å². The molecule has 0 radical (unpaired) electrons. The van der Waals surface area contributed by atoms with Crippen LogP contribution in [-0.2, 0) is 27.4 Å². The Hall–Kier alpha value is -3.32. The van der Waals surface area contributed by atoms with Gasteiger partial charge in [0.05, 0.1) is 16.6 Å². The van der Waals surface area contributed by atoms with Crippen molar-refractivity contribution in [2.75, 3.05) is 0 Å². The summed E-state index contributed by atoms with van der Waals surface area (Å²) in [5.41, 5.74) is 1.02. The van der Waals surface area contributed by atoms with Gasteiger partial charge in [-0.3, -0.25) is 4.79 Å². The lowest BCUT2D eigenvalue weighted by Crippen LogP contribution is -2.45. The van der Waals surface area contributed by atoms with E-state index in [0.29, 0.717) is 24.2 Å². The molecule has 0 N–H and O–H groups in total. The average Bonchev–Trinajstić information content (AvgIpc) is 3.64. The topological polar surface area (TPSA) is 106 Å². The fraction of sp³-hybridized carbons (Fsp3) is 0.400. The largest absolute Gasteiger partial charge is 0.451 e. The van der Waals surface area contributed by atoms with E-state index in [-0.39, 0.29) is 41.0 Å². The molecule has 0 amide bonds. The molecule has 3 aromatic rings. The second-order valence-corrected chi connectivity index (χ2v) is 11.3. The molecule has 0 bridgehead atoms. The summed E-state index contributed by atoms with van der Waals surface area (Å²) in [6, 6.07) is 5.02. The van der Waals surface area contributed by atoms with Gasteiger partial charge >= 0.3 is 6.18 Å². The third-order valence-electron chi connectivity index (χ3n) is 6.85. The number of halogens is 4. The minimum Gasteiger partial charge on any atom is -0.298 e. The number of hydrogen-bond acceptors (Lipinski definition) is 7. The molecular weight excluding hydrogens is 526 g/mol. The first-order valence-corrected chi connectivity index (χ1v) is 13.5. The molecule has 1 aliphatic carbocycles. The third kappa shape index (κ3) is 5.44. The zero-order valence-corrected chi connectivity index (χ0v) is 20.8. The second kappa shape index (κ2) is 10.1. The number of benzene rings is 1. The van der Waals surface area contributed by atoms with Crippen LogP contribution in [0.2, 0.25) is 0 Å². The molecular formula is C25H23F4N5O3S. The first-order valence-electron chi connectivity index (χ1n) is 12.1. The predicted molar refractivity (Wildman–Crippen MR) is 126 cm³/mol. The van der Waals surface area contributed by atoms with Crippen molar-refractivity contribution in [3.05, 3.63) is 66.4 Å². The number of aryl methyl sites for hydroxylation is 1. The molecule has 5 rings (SSSR count). The molecule has 200 valence electrons. The van der Waals surface area contributed by atoms with E-state index in [2.05, 4.69) is 19.9 Å². The third-order valence-corrected chi connectivity index (χ3v) is 8.80. The Morgan fingerprint density at radius 1 is 0.974 bits per heavy atom. The Labute approximate surface area is 216 Å². The first-order chi connectivity index (χ1) is 18.0. The molecule has 2 aromatic heterocycles. The summed E-state index contributed by atoms with van der Waals surface area (Å²) in [7, 11) is -4.02.